The molecule has 1 rings (SSSR count). The summed E-state index contributed by atoms with van der Waals surface area (Å²) in [4.78, 5) is 21.0. The second-order valence-electron chi connectivity index (χ2n) is 3.06. The van der Waals surface area contributed by atoms with Crippen molar-refractivity contribution in [2.24, 2.45) is 5.92 Å². The SMILES string of the molecule is O=C(O)[C@@H]1COC[C@@H]1NC(=O)C(F)(F)F. The van der Waals surface area contributed by atoms with Crippen molar-refractivity contribution in [2.75, 3.05) is 13.2 Å². The summed E-state index contributed by atoms with van der Waals surface area (Å²) in [6.07, 6.45) is -5.01. The van der Waals surface area contributed by atoms with E-state index in [0.717, 1.165) is 0 Å². The molecule has 0 bridgehead atoms. The van der Waals surface area contributed by atoms with E-state index in [2.05, 4.69) is 4.74 Å². The fourth-order valence-corrected chi connectivity index (χ4v) is 1.19. The van der Waals surface area contributed by atoms with Crippen LogP contribution in [0.3, 0.4) is 0 Å². The first kappa shape index (κ1) is 11.8. The van der Waals surface area contributed by atoms with Crippen LogP contribution in [0.2, 0.25) is 0 Å². The number of ether oxygens (including phenoxy) is 1. The van der Waals surface area contributed by atoms with Gasteiger partial charge in [-0.1, -0.05) is 0 Å². The van der Waals surface area contributed by atoms with E-state index in [0.29, 0.717) is 0 Å². The number of amides is 1. The zero-order valence-electron chi connectivity index (χ0n) is 7.37. The molecule has 0 saturated carbocycles. The van der Waals surface area contributed by atoms with Crippen molar-refractivity contribution in [1.29, 1.82) is 0 Å². The third-order valence-corrected chi connectivity index (χ3v) is 1.97. The Kier molecular flexibility index (Phi) is 3.18. The number of nitrogens with one attached hydrogen (secondary N) is 1. The highest BCUT2D eigenvalue weighted by molar-refractivity contribution is 5.83. The van der Waals surface area contributed by atoms with E-state index in [1.807, 2.05) is 0 Å². The number of halogens is 3. The van der Waals surface area contributed by atoms with Crippen molar-refractivity contribution in [1.82, 2.24) is 5.32 Å². The molecule has 1 heterocycles. The normalized spacial score (nSPS) is 26.3. The van der Waals surface area contributed by atoms with Crippen molar-refractivity contribution in [3.05, 3.63) is 0 Å². The Morgan fingerprint density at radius 1 is 1.33 bits per heavy atom. The van der Waals surface area contributed by atoms with Gasteiger partial charge in [0.2, 0.25) is 0 Å². The Morgan fingerprint density at radius 2 is 1.93 bits per heavy atom. The zero-order valence-corrected chi connectivity index (χ0v) is 7.37. The quantitative estimate of drug-likeness (QED) is 0.682. The number of aliphatic carboxylic acids is 1. The molecule has 0 aliphatic carbocycles. The molecule has 0 radical (unpaired) electrons. The van der Waals surface area contributed by atoms with E-state index in [1.54, 1.807) is 5.32 Å². The van der Waals surface area contributed by atoms with Crippen LogP contribution >= 0.6 is 0 Å². The minimum atomic E-state index is -5.01. The van der Waals surface area contributed by atoms with Gasteiger partial charge in [-0.25, -0.2) is 0 Å². The van der Waals surface area contributed by atoms with E-state index < -0.39 is 30.0 Å². The maximum Gasteiger partial charge on any atom is 0.471 e. The number of hydrogen-bond acceptors (Lipinski definition) is 3. The third kappa shape index (κ3) is 2.82. The van der Waals surface area contributed by atoms with E-state index in [-0.39, 0.29) is 13.2 Å². The predicted octanol–water partition coefficient (Wildman–Crippen LogP) is -0.236. The van der Waals surface area contributed by atoms with Crippen LogP contribution in [0.1, 0.15) is 0 Å². The number of carboxylic acids is 1. The summed E-state index contributed by atoms with van der Waals surface area (Å²) in [7, 11) is 0. The summed E-state index contributed by atoms with van der Waals surface area (Å²) in [5.41, 5.74) is 0. The first-order chi connectivity index (χ1) is 6.82. The molecule has 8 heteroatoms. The molecule has 0 aromatic carbocycles. The van der Waals surface area contributed by atoms with Gasteiger partial charge in [-0.3, -0.25) is 9.59 Å². The second-order valence-corrected chi connectivity index (χ2v) is 3.06. The number of carbonyl (C=O) groups is 2. The molecular formula is C7H8F3NO4. The average Bonchev–Trinajstić information content (AvgIpc) is 2.50. The van der Waals surface area contributed by atoms with Crippen LogP contribution in [0.25, 0.3) is 0 Å². The third-order valence-electron chi connectivity index (χ3n) is 1.97. The molecule has 2 N–H and O–H groups in total. The van der Waals surface area contributed by atoms with Crippen molar-refractivity contribution in [2.45, 2.75) is 12.2 Å². The summed E-state index contributed by atoms with van der Waals surface area (Å²) in [5, 5.41) is 10.2. The summed E-state index contributed by atoms with van der Waals surface area (Å²) in [5.74, 6) is -4.57. The summed E-state index contributed by atoms with van der Waals surface area (Å²) >= 11 is 0. The van der Waals surface area contributed by atoms with Gasteiger partial charge in [0.05, 0.1) is 19.3 Å². The van der Waals surface area contributed by atoms with Gasteiger partial charge in [-0.2, -0.15) is 13.2 Å². The van der Waals surface area contributed by atoms with Crippen LogP contribution in [0.15, 0.2) is 0 Å². The lowest BCUT2D eigenvalue weighted by Crippen LogP contribution is -2.47. The van der Waals surface area contributed by atoms with Crippen LogP contribution in [-0.2, 0) is 14.3 Å². The van der Waals surface area contributed by atoms with Gasteiger partial charge >= 0.3 is 18.1 Å². The van der Waals surface area contributed by atoms with Crippen molar-refractivity contribution in [3.8, 4) is 0 Å². The largest absolute Gasteiger partial charge is 0.481 e. The lowest BCUT2D eigenvalue weighted by molar-refractivity contribution is -0.174. The Bertz CT molecular complexity index is 278. The van der Waals surface area contributed by atoms with Crippen molar-refractivity contribution < 1.29 is 32.6 Å². The van der Waals surface area contributed by atoms with Crippen molar-refractivity contribution >= 4 is 11.9 Å². The van der Waals surface area contributed by atoms with E-state index in [9.17, 15) is 22.8 Å². The zero-order chi connectivity index (χ0) is 11.6. The van der Waals surface area contributed by atoms with E-state index in [4.69, 9.17) is 5.11 Å². The highest BCUT2D eigenvalue weighted by Gasteiger charge is 2.43. The highest BCUT2D eigenvalue weighted by atomic mass is 19.4. The Hall–Kier alpha value is -1.31. The average molecular weight is 227 g/mol. The van der Waals surface area contributed by atoms with Crippen LogP contribution in [0, 0.1) is 5.92 Å². The molecule has 86 valence electrons. The minimum absolute atomic E-state index is 0.196. The molecule has 0 spiro atoms. The van der Waals surface area contributed by atoms with Gasteiger partial charge < -0.3 is 15.2 Å². The van der Waals surface area contributed by atoms with E-state index in [1.165, 1.54) is 0 Å². The van der Waals surface area contributed by atoms with E-state index >= 15 is 0 Å². The maximum atomic E-state index is 11.8. The Morgan fingerprint density at radius 3 is 2.40 bits per heavy atom. The first-order valence-corrected chi connectivity index (χ1v) is 4.00. The molecule has 1 aliphatic rings. The molecule has 1 aliphatic heterocycles. The van der Waals surface area contributed by atoms with Gasteiger partial charge in [0, 0.05) is 0 Å². The fraction of sp³-hybridized carbons (Fsp3) is 0.714. The van der Waals surface area contributed by atoms with Gasteiger partial charge in [0.25, 0.3) is 0 Å². The maximum absolute atomic E-state index is 11.8. The molecule has 2 atom stereocenters. The van der Waals surface area contributed by atoms with Crippen LogP contribution in [-0.4, -0.2) is 42.4 Å². The molecule has 5 nitrogen and oxygen atoms in total. The number of carbonyl (C=O) groups excluding carboxylic acids is 1. The first-order valence-electron chi connectivity index (χ1n) is 4.00. The molecular weight excluding hydrogens is 219 g/mol. The lowest BCUT2D eigenvalue weighted by atomic mass is 10.0. The number of hydrogen-bond donors (Lipinski definition) is 2. The summed E-state index contributed by atoms with van der Waals surface area (Å²) in [6, 6.07) is -1.13. The Balaban J connectivity index is 2.58. The lowest BCUT2D eigenvalue weighted by Gasteiger charge is -2.16. The van der Waals surface area contributed by atoms with Gasteiger partial charge in [0.15, 0.2) is 0 Å². The summed E-state index contributed by atoms with van der Waals surface area (Å²) < 4.78 is 40.2. The topological polar surface area (TPSA) is 75.6 Å². The van der Waals surface area contributed by atoms with Crippen LogP contribution < -0.4 is 5.32 Å². The molecule has 1 saturated heterocycles. The highest BCUT2D eigenvalue weighted by Crippen LogP contribution is 2.18. The van der Waals surface area contributed by atoms with Crippen molar-refractivity contribution in [3.63, 3.8) is 0 Å². The number of alkyl halides is 3. The molecule has 0 unspecified atom stereocenters. The monoisotopic (exact) mass is 227 g/mol. The molecule has 0 aromatic heterocycles. The predicted molar refractivity (Wildman–Crippen MR) is 39.9 cm³/mol. The van der Waals surface area contributed by atoms with Gasteiger partial charge in [0.1, 0.15) is 5.92 Å². The second kappa shape index (κ2) is 4.05. The number of rotatable bonds is 2. The van der Waals surface area contributed by atoms with Gasteiger partial charge in [-0.05, 0) is 0 Å². The van der Waals surface area contributed by atoms with Gasteiger partial charge in [-0.15, -0.1) is 0 Å². The molecule has 1 amide bonds. The Labute approximate surface area is 82.2 Å². The van der Waals surface area contributed by atoms with Crippen LogP contribution in [0.4, 0.5) is 13.2 Å². The molecule has 15 heavy (non-hydrogen) atoms. The molecule has 0 aromatic rings. The minimum Gasteiger partial charge on any atom is -0.481 e. The number of carboxylic acid groups (broad SMARTS) is 1. The fourth-order valence-electron chi connectivity index (χ4n) is 1.19. The summed E-state index contributed by atoms with van der Waals surface area (Å²) in [6.45, 7) is -0.420. The van der Waals surface area contributed by atoms with Crippen LogP contribution in [0.5, 0.6) is 0 Å². The standard InChI is InChI=1S/C7H8F3NO4/c8-7(9,10)6(14)11-4-2-15-1-3(4)5(12)13/h3-4H,1-2H2,(H,11,14)(H,12,13)/t3-,4+/m1/s1. The smallest absolute Gasteiger partial charge is 0.471 e. The molecule has 1 fully saturated rings.